The average molecular weight is 567 g/mol. The number of aromatic nitrogens is 3. The number of benzene rings is 1. The number of rotatable bonds is 6. The van der Waals surface area contributed by atoms with Gasteiger partial charge in [-0.05, 0) is 61.4 Å². The van der Waals surface area contributed by atoms with Gasteiger partial charge in [-0.2, -0.15) is 0 Å². The highest BCUT2D eigenvalue weighted by atomic mass is 32.2. The van der Waals surface area contributed by atoms with Crippen molar-refractivity contribution in [2.45, 2.75) is 36.7 Å². The summed E-state index contributed by atoms with van der Waals surface area (Å²) in [4.78, 5) is 28.0. The Balaban J connectivity index is 1.34. The minimum atomic E-state index is -3.47. The van der Waals surface area contributed by atoms with Gasteiger partial charge in [-0.3, -0.25) is 9.78 Å². The average Bonchev–Trinajstić information content (AvgIpc) is 2.92. The summed E-state index contributed by atoms with van der Waals surface area (Å²) in [5, 5.41) is 3.54. The Bertz CT molecular complexity index is 1710. The number of aryl methyl sites for hydroxylation is 1. The van der Waals surface area contributed by atoms with Crippen molar-refractivity contribution >= 4 is 32.5 Å². The molecule has 0 unspecified atom stereocenters. The van der Waals surface area contributed by atoms with E-state index in [2.05, 4.69) is 15.3 Å². The number of nitrogens with zero attached hydrogens (tertiary/aromatic N) is 4. The van der Waals surface area contributed by atoms with Crippen LogP contribution in [0.1, 0.15) is 28.0 Å². The zero-order valence-corrected chi connectivity index (χ0v) is 22.8. The van der Waals surface area contributed by atoms with E-state index in [1.807, 2.05) is 6.07 Å². The van der Waals surface area contributed by atoms with Crippen LogP contribution in [0.15, 0.2) is 65.7 Å². The Morgan fingerprint density at radius 2 is 1.90 bits per heavy atom. The van der Waals surface area contributed by atoms with Crippen molar-refractivity contribution in [2.75, 3.05) is 24.2 Å². The van der Waals surface area contributed by atoms with E-state index in [1.165, 1.54) is 11.0 Å². The molecule has 3 aromatic heterocycles. The molecule has 4 aromatic rings. The zero-order chi connectivity index (χ0) is 28.7. The Kier molecular flexibility index (Phi) is 7.23. The molecule has 1 fully saturated rings. The summed E-state index contributed by atoms with van der Waals surface area (Å²) < 4.78 is 52.4. The lowest BCUT2D eigenvalue weighted by molar-refractivity contribution is -0.0301. The van der Waals surface area contributed by atoms with E-state index < -0.39 is 34.3 Å². The zero-order valence-electron chi connectivity index (χ0n) is 21.9. The predicted octanol–water partition coefficient (Wildman–Crippen LogP) is 3.51. The quantitative estimate of drug-likeness (QED) is 0.363. The molecule has 12 heteroatoms. The second-order valence-electron chi connectivity index (χ2n) is 9.96. The second kappa shape index (κ2) is 10.5. The van der Waals surface area contributed by atoms with Crippen molar-refractivity contribution in [3.63, 3.8) is 0 Å². The van der Waals surface area contributed by atoms with Gasteiger partial charge in [-0.15, -0.1) is 0 Å². The molecule has 5 rings (SSSR count). The SMILES string of the molecule is Cc1ccc(C(=O)NCc2cc3nc(-c4cccc(N5CC[C@H](N)C(F)(F)C5)n4)ccc3cn2)cc1S(C)(=O)=O. The third-order valence-electron chi connectivity index (χ3n) is 6.89. The Labute approximate surface area is 230 Å². The number of pyridine rings is 3. The first-order valence-corrected chi connectivity index (χ1v) is 14.5. The number of carbonyl (C=O) groups is 1. The van der Waals surface area contributed by atoms with Crippen molar-refractivity contribution in [1.29, 1.82) is 0 Å². The molecule has 1 aliphatic rings. The number of hydrogen-bond acceptors (Lipinski definition) is 8. The fourth-order valence-corrected chi connectivity index (χ4v) is 5.60. The summed E-state index contributed by atoms with van der Waals surface area (Å²) in [7, 11) is -3.47. The second-order valence-corrected chi connectivity index (χ2v) is 11.9. The maximum Gasteiger partial charge on any atom is 0.280 e. The van der Waals surface area contributed by atoms with E-state index >= 15 is 0 Å². The van der Waals surface area contributed by atoms with Gasteiger partial charge in [0.2, 0.25) is 0 Å². The number of fused-ring (bicyclic) bond motifs is 1. The van der Waals surface area contributed by atoms with Crippen LogP contribution in [0.25, 0.3) is 22.3 Å². The number of alkyl halides is 2. The van der Waals surface area contributed by atoms with Crippen molar-refractivity contribution in [3.8, 4) is 11.4 Å². The molecule has 1 aliphatic heterocycles. The Morgan fingerprint density at radius 3 is 2.65 bits per heavy atom. The molecule has 40 heavy (non-hydrogen) atoms. The van der Waals surface area contributed by atoms with Crippen LogP contribution in [0.3, 0.4) is 0 Å². The van der Waals surface area contributed by atoms with E-state index in [-0.39, 0.29) is 23.4 Å². The van der Waals surface area contributed by atoms with Crippen LogP contribution in [0.2, 0.25) is 0 Å². The predicted molar refractivity (Wildman–Crippen MR) is 148 cm³/mol. The van der Waals surface area contributed by atoms with Crippen LogP contribution < -0.4 is 16.0 Å². The van der Waals surface area contributed by atoms with Gasteiger partial charge in [0.15, 0.2) is 9.84 Å². The maximum absolute atomic E-state index is 14.2. The molecular formula is C28H28F2N6O3S. The number of carbonyl (C=O) groups excluding carboxylic acids is 1. The van der Waals surface area contributed by atoms with Gasteiger partial charge in [-0.1, -0.05) is 12.1 Å². The first-order chi connectivity index (χ1) is 18.9. The smallest absolute Gasteiger partial charge is 0.280 e. The van der Waals surface area contributed by atoms with Gasteiger partial charge in [-0.25, -0.2) is 27.2 Å². The molecule has 0 radical (unpaired) electrons. The van der Waals surface area contributed by atoms with Crippen LogP contribution in [0, 0.1) is 6.92 Å². The van der Waals surface area contributed by atoms with Gasteiger partial charge < -0.3 is 16.0 Å². The van der Waals surface area contributed by atoms with Crippen LogP contribution in [-0.4, -0.2) is 60.6 Å². The van der Waals surface area contributed by atoms with Crippen LogP contribution >= 0.6 is 0 Å². The van der Waals surface area contributed by atoms with Gasteiger partial charge >= 0.3 is 0 Å². The Hall–Kier alpha value is -4.03. The number of nitrogens with two attached hydrogens (primary N) is 1. The third kappa shape index (κ3) is 5.77. The summed E-state index contributed by atoms with van der Waals surface area (Å²) in [6.45, 7) is 1.67. The lowest BCUT2D eigenvalue weighted by Crippen LogP contribution is -2.55. The lowest BCUT2D eigenvalue weighted by atomic mass is 10.0. The highest BCUT2D eigenvalue weighted by Gasteiger charge is 2.42. The van der Waals surface area contributed by atoms with Gasteiger partial charge in [0.1, 0.15) is 5.82 Å². The molecule has 0 aliphatic carbocycles. The molecule has 0 saturated carbocycles. The van der Waals surface area contributed by atoms with E-state index in [1.54, 1.807) is 55.6 Å². The van der Waals surface area contributed by atoms with Crippen molar-refractivity contribution < 1.29 is 22.0 Å². The Morgan fingerprint density at radius 1 is 1.12 bits per heavy atom. The third-order valence-corrected chi connectivity index (χ3v) is 8.12. The van der Waals surface area contributed by atoms with Gasteiger partial charge in [0, 0.05) is 29.9 Å². The highest BCUT2D eigenvalue weighted by molar-refractivity contribution is 7.90. The largest absolute Gasteiger partial charge is 0.350 e. The molecule has 3 N–H and O–H groups in total. The van der Waals surface area contributed by atoms with E-state index in [9.17, 15) is 22.0 Å². The van der Waals surface area contributed by atoms with Gasteiger partial charge in [0.05, 0.1) is 46.6 Å². The molecule has 0 spiro atoms. The molecule has 1 saturated heterocycles. The van der Waals surface area contributed by atoms with E-state index in [0.717, 1.165) is 11.6 Å². The summed E-state index contributed by atoms with van der Waals surface area (Å²) in [6, 6.07) is 13.9. The van der Waals surface area contributed by atoms with Crippen LogP contribution in [0.4, 0.5) is 14.6 Å². The van der Waals surface area contributed by atoms with Crippen molar-refractivity contribution in [1.82, 2.24) is 20.3 Å². The van der Waals surface area contributed by atoms with Gasteiger partial charge in [0.25, 0.3) is 11.8 Å². The van der Waals surface area contributed by atoms with Crippen molar-refractivity contribution in [2.24, 2.45) is 5.73 Å². The number of amides is 1. The normalized spacial score (nSPS) is 17.1. The molecule has 1 atom stereocenters. The molecule has 1 aromatic carbocycles. The first-order valence-electron chi connectivity index (χ1n) is 12.6. The number of anilines is 1. The number of sulfone groups is 1. The molecule has 1 amide bonds. The van der Waals surface area contributed by atoms with E-state index in [0.29, 0.717) is 40.5 Å². The van der Waals surface area contributed by atoms with E-state index in [4.69, 9.17) is 10.7 Å². The molecular weight excluding hydrogens is 538 g/mol. The molecule has 9 nitrogen and oxygen atoms in total. The molecule has 208 valence electrons. The summed E-state index contributed by atoms with van der Waals surface area (Å²) in [5.41, 5.74) is 8.63. The standard InChI is InChI=1S/C28H28F2N6O3S/c1-17-6-7-18(12-24(17)40(2,38)39)27(37)33-15-20-13-23-19(14-32-20)8-9-22(34-23)21-4-3-5-26(35-21)36-11-10-25(31)28(29,30)16-36/h3-9,12-14,25H,10-11,15-16,31H2,1-2H3,(H,33,37)/t25-/m0/s1. The van der Waals surface area contributed by atoms with Crippen LogP contribution in [-0.2, 0) is 16.4 Å². The lowest BCUT2D eigenvalue weighted by Gasteiger charge is -2.37. The minimum Gasteiger partial charge on any atom is -0.350 e. The number of nitrogens with one attached hydrogen (secondary N) is 1. The van der Waals surface area contributed by atoms with Crippen LogP contribution in [0.5, 0.6) is 0 Å². The minimum absolute atomic E-state index is 0.0990. The number of hydrogen-bond donors (Lipinski definition) is 2. The highest BCUT2D eigenvalue weighted by Crippen LogP contribution is 2.30. The fraction of sp³-hybridized carbons (Fsp3) is 0.286. The fourth-order valence-electron chi connectivity index (χ4n) is 4.61. The summed E-state index contributed by atoms with van der Waals surface area (Å²) in [5.74, 6) is -3.00. The van der Waals surface area contributed by atoms with Crippen molar-refractivity contribution in [3.05, 3.63) is 77.6 Å². The molecule has 0 bridgehead atoms. The monoisotopic (exact) mass is 566 g/mol. The topological polar surface area (TPSA) is 131 Å². The number of halogens is 2. The summed E-state index contributed by atoms with van der Waals surface area (Å²) in [6.07, 6.45) is 2.91. The first kappa shape index (κ1) is 27.5. The maximum atomic E-state index is 14.2. The number of piperidine rings is 1. The molecule has 4 heterocycles. The summed E-state index contributed by atoms with van der Waals surface area (Å²) >= 11 is 0.